The molecule has 4 rings (SSSR count). The average molecular weight is 547 g/mol. The number of aliphatic hydroxyl groups is 2. The summed E-state index contributed by atoms with van der Waals surface area (Å²) < 4.78 is 6.21. The van der Waals surface area contributed by atoms with E-state index in [4.69, 9.17) is 33.7 Å². The Balaban J connectivity index is 1.21. The monoisotopic (exact) mass is 545 g/mol. The van der Waals surface area contributed by atoms with Crippen molar-refractivity contribution in [1.82, 2.24) is 30.7 Å². The lowest BCUT2D eigenvalue weighted by Gasteiger charge is -2.44. The molecule has 0 spiro atoms. The summed E-state index contributed by atoms with van der Waals surface area (Å²) in [6, 6.07) is 5.57. The van der Waals surface area contributed by atoms with Gasteiger partial charge in [-0.15, -0.1) is 0 Å². The Morgan fingerprint density at radius 1 is 1.17 bits per heavy atom. The molecule has 204 valence electrons. The first-order valence-corrected chi connectivity index (χ1v) is 13.6. The molecule has 3 aliphatic rings. The standard InChI is InChI=1S/C24H41Cl2N7O3/c1-3-10-32-13-30-23-19(22(32)27)29-14-33(23)24-21(35)20(34)18(36-24)12-31(2)11-9-28-8-7-15-16(25)5-4-6-17(15)26/h4-6,18-24,28-30,34-35H,3,7-14,27H2,1-2H3/t18-,19?,20-,21-,22?,23?,24-/m1/s1. The Morgan fingerprint density at radius 2 is 1.92 bits per heavy atom. The first-order chi connectivity index (χ1) is 17.3. The van der Waals surface area contributed by atoms with Crippen molar-refractivity contribution in [2.45, 2.75) is 62.7 Å². The second-order valence-electron chi connectivity index (χ2n) is 10.0. The van der Waals surface area contributed by atoms with Crippen molar-refractivity contribution in [3.05, 3.63) is 33.8 Å². The number of fused-ring (bicyclic) bond motifs is 1. The molecule has 0 aromatic heterocycles. The van der Waals surface area contributed by atoms with Crippen molar-refractivity contribution in [2.24, 2.45) is 5.73 Å². The highest BCUT2D eigenvalue weighted by molar-refractivity contribution is 6.35. The van der Waals surface area contributed by atoms with Crippen molar-refractivity contribution >= 4 is 23.2 Å². The van der Waals surface area contributed by atoms with E-state index in [0.29, 0.717) is 29.9 Å². The molecule has 0 radical (unpaired) electrons. The second kappa shape index (κ2) is 13.0. The quantitative estimate of drug-likeness (QED) is 0.205. The Bertz CT molecular complexity index is 836. The number of nitrogens with one attached hydrogen (secondary N) is 3. The van der Waals surface area contributed by atoms with Crippen LogP contribution in [0.3, 0.4) is 0 Å². The maximum atomic E-state index is 10.8. The van der Waals surface area contributed by atoms with E-state index in [9.17, 15) is 10.2 Å². The van der Waals surface area contributed by atoms with Gasteiger partial charge in [-0.3, -0.25) is 15.5 Å². The van der Waals surface area contributed by atoms with Gasteiger partial charge in [0.25, 0.3) is 0 Å². The van der Waals surface area contributed by atoms with Gasteiger partial charge in [0.05, 0.1) is 31.7 Å². The van der Waals surface area contributed by atoms with E-state index in [2.05, 4.69) is 32.7 Å². The van der Waals surface area contributed by atoms with Crippen LogP contribution in [0.2, 0.25) is 10.0 Å². The predicted molar refractivity (Wildman–Crippen MR) is 142 cm³/mol. The van der Waals surface area contributed by atoms with Crippen LogP contribution in [-0.2, 0) is 11.2 Å². The fraction of sp³-hybridized carbons (Fsp3) is 0.750. The summed E-state index contributed by atoms with van der Waals surface area (Å²) >= 11 is 12.5. The number of nitrogens with zero attached hydrogens (tertiary/aromatic N) is 3. The molecule has 3 saturated heterocycles. The number of nitrogens with two attached hydrogens (primary N) is 1. The maximum absolute atomic E-state index is 10.8. The molecule has 3 fully saturated rings. The Kier molecular flexibility index (Phi) is 10.2. The minimum atomic E-state index is -0.992. The van der Waals surface area contributed by atoms with Gasteiger partial charge in [0.1, 0.15) is 24.5 Å². The molecule has 10 nitrogen and oxygen atoms in total. The topological polar surface area (TPSA) is 122 Å². The predicted octanol–water partition coefficient (Wildman–Crippen LogP) is -0.381. The highest BCUT2D eigenvalue weighted by atomic mass is 35.5. The number of likely N-dealkylation sites (N-methyl/N-ethyl adjacent to an activating group) is 1. The van der Waals surface area contributed by atoms with Crippen molar-refractivity contribution in [2.75, 3.05) is 53.1 Å². The molecule has 1 aromatic rings. The van der Waals surface area contributed by atoms with Gasteiger partial charge in [-0.25, -0.2) is 4.90 Å². The normalized spacial score (nSPS) is 33.5. The highest BCUT2D eigenvalue weighted by Gasteiger charge is 2.52. The lowest BCUT2D eigenvalue weighted by atomic mass is 10.1. The molecular formula is C24H41Cl2N7O3. The third-order valence-electron chi connectivity index (χ3n) is 7.45. The van der Waals surface area contributed by atoms with E-state index in [1.807, 2.05) is 30.1 Å². The van der Waals surface area contributed by atoms with Crippen molar-refractivity contribution in [3.63, 3.8) is 0 Å². The number of hydrogen-bond acceptors (Lipinski definition) is 10. The van der Waals surface area contributed by atoms with E-state index in [1.165, 1.54) is 0 Å². The summed E-state index contributed by atoms with van der Waals surface area (Å²) in [5.41, 5.74) is 7.45. The molecule has 1 aromatic carbocycles. The zero-order chi connectivity index (χ0) is 25.8. The van der Waals surface area contributed by atoms with Crippen LogP contribution in [0, 0.1) is 0 Å². The highest BCUT2D eigenvalue weighted by Crippen LogP contribution is 2.30. The van der Waals surface area contributed by atoms with Crippen LogP contribution >= 0.6 is 23.2 Å². The maximum Gasteiger partial charge on any atom is 0.142 e. The lowest BCUT2D eigenvalue weighted by molar-refractivity contribution is -0.111. The number of aliphatic hydroxyl groups excluding tert-OH is 2. The van der Waals surface area contributed by atoms with Gasteiger partial charge in [-0.05, 0) is 44.1 Å². The average Bonchev–Trinajstić information content (AvgIpc) is 3.39. The van der Waals surface area contributed by atoms with Crippen LogP contribution in [0.15, 0.2) is 18.2 Å². The number of rotatable bonds is 11. The van der Waals surface area contributed by atoms with Gasteiger partial charge in [0, 0.05) is 36.2 Å². The Hall–Kier alpha value is -0.600. The van der Waals surface area contributed by atoms with E-state index in [0.717, 1.165) is 44.6 Å². The van der Waals surface area contributed by atoms with Gasteiger partial charge in [0.15, 0.2) is 0 Å². The number of halogens is 2. The number of benzene rings is 1. The summed E-state index contributed by atoms with van der Waals surface area (Å²) in [5, 5.41) is 33.3. The molecule has 36 heavy (non-hydrogen) atoms. The fourth-order valence-corrected chi connectivity index (χ4v) is 6.00. The molecule has 0 bridgehead atoms. The van der Waals surface area contributed by atoms with E-state index in [1.54, 1.807) is 0 Å². The van der Waals surface area contributed by atoms with Crippen molar-refractivity contribution in [3.8, 4) is 0 Å². The van der Waals surface area contributed by atoms with Crippen LogP contribution < -0.4 is 21.7 Å². The summed E-state index contributed by atoms with van der Waals surface area (Å²) in [6.45, 7) is 7.09. The first kappa shape index (κ1) is 28.4. The minimum Gasteiger partial charge on any atom is -0.387 e. The first-order valence-electron chi connectivity index (χ1n) is 12.9. The molecule has 7 atom stereocenters. The molecular weight excluding hydrogens is 505 g/mol. The largest absolute Gasteiger partial charge is 0.387 e. The zero-order valence-corrected chi connectivity index (χ0v) is 22.6. The Labute approximate surface area is 224 Å². The Morgan fingerprint density at radius 3 is 2.64 bits per heavy atom. The van der Waals surface area contributed by atoms with E-state index >= 15 is 0 Å². The van der Waals surface area contributed by atoms with E-state index in [-0.39, 0.29) is 18.4 Å². The third-order valence-corrected chi connectivity index (χ3v) is 8.16. The lowest BCUT2D eigenvalue weighted by Crippen LogP contribution is -2.69. The molecule has 12 heteroatoms. The molecule has 3 unspecified atom stereocenters. The molecule has 3 aliphatic heterocycles. The van der Waals surface area contributed by atoms with E-state index < -0.39 is 24.5 Å². The van der Waals surface area contributed by atoms with Crippen LogP contribution in [0.4, 0.5) is 0 Å². The van der Waals surface area contributed by atoms with Crippen LogP contribution in [0.1, 0.15) is 18.9 Å². The SMILES string of the molecule is CCCN1CNC2C(NCN2[C@@H]2O[C@H](CN(C)CCNCCc3c(Cl)cccc3Cl)[C@@H](O)[C@H]2O)C1N. The summed E-state index contributed by atoms with van der Waals surface area (Å²) in [7, 11) is 1.99. The molecule has 0 aliphatic carbocycles. The van der Waals surface area contributed by atoms with Crippen LogP contribution in [0.5, 0.6) is 0 Å². The smallest absolute Gasteiger partial charge is 0.142 e. The van der Waals surface area contributed by atoms with Gasteiger partial charge in [-0.2, -0.15) is 0 Å². The summed E-state index contributed by atoms with van der Waals surface area (Å²) in [5.74, 6) is 0. The van der Waals surface area contributed by atoms with Gasteiger partial charge < -0.3 is 30.9 Å². The van der Waals surface area contributed by atoms with Gasteiger partial charge >= 0.3 is 0 Å². The summed E-state index contributed by atoms with van der Waals surface area (Å²) in [4.78, 5) is 6.36. The number of ether oxygens (including phenoxy) is 1. The van der Waals surface area contributed by atoms with Crippen molar-refractivity contribution < 1.29 is 14.9 Å². The molecule has 3 heterocycles. The minimum absolute atomic E-state index is 0.0201. The molecule has 0 amide bonds. The number of hydrogen-bond donors (Lipinski definition) is 6. The second-order valence-corrected chi connectivity index (χ2v) is 10.8. The van der Waals surface area contributed by atoms with Crippen molar-refractivity contribution in [1.29, 1.82) is 0 Å². The van der Waals surface area contributed by atoms with Crippen LogP contribution in [0.25, 0.3) is 0 Å². The third kappa shape index (κ3) is 6.33. The molecule has 7 N–H and O–H groups in total. The zero-order valence-electron chi connectivity index (χ0n) is 21.1. The van der Waals surface area contributed by atoms with Crippen LogP contribution in [-0.4, -0.2) is 121 Å². The van der Waals surface area contributed by atoms with Gasteiger partial charge in [0.2, 0.25) is 0 Å². The molecule has 0 saturated carbocycles. The summed E-state index contributed by atoms with van der Waals surface area (Å²) in [6.07, 6.45) is -1.43. The van der Waals surface area contributed by atoms with Gasteiger partial charge in [-0.1, -0.05) is 36.2 Å². The fourth-order valence-electron chi connectivity index (χ4n) is 5.42.